The molecule has 0 radical (unpaired) electrons. The number of pyridine rings is 1. The molecule has 0 aliphatic heterocycles. The number of aryl methyl sites for hydroxylation is 1. The van der Waals surface area contributed by atoms with Crippen LogP contribution in [0.5, 0.6) is 0 Å². The Morgan fingerprint density at radius 1 is 1.60 bits per heavy atom. The molecule has 0 unspecified atom stereocenters. The molecule has 0 fully saturated rings. The standard InChI is InChI=1S/C8H6BrN/c1-3-8-7(9)5-4-6(2)10-8/h1,4-5H,2H3. The lowest BCUT2D eigenvalue weighted by Crippen LogP contribution is -1.86. The number of terminal acetylenes is 1. The summed E-state index contributed by atoms with van der Waals surface area (Å²) in [6.45, 7) is 1.91. The van der Waals surface area contributed by atoms with E-state index in [0.29, 0.717) is 5.69 Å². The first-order valence-electron chi connectivity index (χ1n) is 2.84. The van der Waals surface area contributed by atoms with Crippen LogP contribution in [0.4, 0.5) is 0 Å². The Labute approximate surface area is 68.6 Å². The van der Waals surface area contributed by atoms with E-state index in [4.69, 9.17) is 6.42 Å². The van der Waals surface area contributed by atoms with E-state index in [0.717, 1.165) is 10.2 Å². The quantitative estimate of drug-likeness (QED) is 0.579. The molecule has 1 heterocycles. The Hall–Kier alpha value is -0.810. The fourth-order valence-corrected chi connectivity index (χ4v) is 0.976. The molecule has 0 saturated carbocycles. The molecule has 0 aromatic carbocycles. The number of hydrogen-bond acceptors (Lipinski definition) is 1. The van der Waals surface area contributed by atoms with Crippen molar-refractivity contribution in [2.24, 2.45) is 0 Å². The molecule has 0 saturated heterocycles. The summed E-state index contributed by atoms with van der Waals surface area (Å²) < 4.78 is 0.876. The summed E-state index contributed by atoms with van der Waals surface area (Å²) in [5, 5.41) is 0. The van der Waals surface area contributed by atoms with Crippen molar-refractivity contribution in [3.63, 3.8) is 0 Å². The van der Waals surface area contributed by atoms with Gasteiger partial charge in [-0.1, -0.05) is 0 Å². The van der Waals surface area contributed by atoms with Crippen LogP contribution in [0.15, 0.2) is 16.6 Å². The maximum Gasteiger partial charge on any atom is 0.127 e. The van der Waals surface area contributed by atoms with Gasteiger partial charge in [-0.2, -0.15) is 0 Å². The molecule has 0 bridgehead atoms. The van der Waals surface area contributed by atoms with Gasteiger partial charge in [0.25, 0.3) is 0 Å². The van der Waals surface area contributed by atoms with E-state index in [1.165, 1.54) is 0 Å². The number of nitrogens with zero attached hydrogens (tertiary/aromatic N) is 1. The minimum absolute atomic E-state index is 0.667. The molecule has 1 aromatic rings. The van der Waals surface area contributed by atoms with Gasteiger partial charge in [0, 0.05) is 5.69 Å². The van der Waals surface area contributed by atoms with E-state index in [-0.39, 0.29) is 0 Å². The van der Waals surface area contributed by atoms with Crippen LogP contribution >= 0.6 is 15.9 Å². The Kier molecular flexibility index (Phi) is 2.08. The van der Waals surface area contributed by atoms with E-state index in [2.05, 4.69) is 26.8 Å². The van der Waals surface area contributed by atoms with Crippen molar-refractivity contribution in [3.8, 4) is 12.3 Å². The van der Waals surface area contributed by atoms with E-state index in [9.17, 15) is 0 Å². The normalized spacial score (nSPS) is 8.90. The zero-order valence-corrected chi connectivity index (χ0v) is 7.14. The molecule has 10 heavy (non-hydrogen) atoms. The zero-order chi connectivity index (χ0) is 7.56. The summed E-state index contributed by atoms with van der Waals surface area (Å²) in [5.41, 5.74) is 1.61. The molecule has 1 nitrogen and oxygen atoms in total. The molecule has 0 aliphatic rings. The number of halogens is 1. The van der Waals surface area contributed by atoms with Gasteiger partial charge in [-0.25, -0.2) is 4.98 Å². The van der Waals surface area contributed by atoms with Crippen molar-refractivity contribution in [3.05, 3.63) is 28.0 Å². The van der Waals surface area contributed by atoms with Crippen molar-refractivity contribution in [2.75, 3.05) is 0 Å². The minimum atomic E-state index is 0.667. The van der Waals surface area contributed by atoms with Gasteiger partial charge >= 0.3 is 0 Å². The van der Waals surface area contributed by atoms with Gasteiger partial charge in [-0.3, -0.25) is 0 Å². The Bertz CT molecular complexity index is 286. The van der Waals surface area contributed by atoms with Crippen LogP contribution in [0.25, 0.3) is 0 Å². The van der Waals surface area contributed by atoms with Gasteiger partial charge in [0.05, 0.1) is 4.47 Å². The third-order valence-corrected chi connectivity index (χ3v) is 1.76. The number of hydrogen-bond donors (Lipinski definition) is 0. The first kappa shape index (κ1) is 7.30. The molecule has 0 spiro atoms. The van der Waals surface area contributed by atoms with Crippen molar-refractivity contribution < 1.29 is 0 Å². The van der Waals surface area contributed by atoms with E-state index >= 15 is 0 Å². The SMILES string of the molecule is C#Cc1nc(C)ccc1Br. The van der Waals surface area contributed by atoms with Gasteiger partial charge in [-0.05, 0) is 40.9 Å². The minimum Gasteiger partial charge on any atom is -0.243 e. The van der Waals surface area contributed by atoms with E-state index in [1.54, 1.807) is 0 Å². The van der Waals surface area contributed by atoms with Crippen LogP contribution in [0.3, 0.4) is 0 Å². The number of rotatable bonds is 0. The fourth-order valence-electron chi connectivity index (χ4n) is 0.641. The summed E-state index contributed by atoms with van der Waals surface area (Å²) >= 11 is 3.29. The van der Waals surface area contributed by atoms with Crippen LogP contribution in [0, 0.1) is 19.3 Å². The third kappa shape index (κ3) is 1.37. The smallest absolute Gasteiger partial charge is 0.127 e. The predicted octanol–water partition coefficient (Wildman–Crippen LogP) is 2.13. The van der Waals surface area contributed by atoms with Crippen LogP contribution in [0.1, 0.15) is 11.4 Å². The topological polar surface area (TPSA) is 12.9 Å². The molecular formula is C8H6BrN. The molecule has 0 aliphatic carbocycles. The highest BCUT2D eigenvalue weighted by atomic mass is 79.9. The second kappa shape index (κ2) is 2.85. The maximum absolute atomic E-state index is 5.18. The van der Waals surface area contributed by atoms with Gasteiger partial charge in [0.2, 0.25) is 0 Å². The van der Waals surface area contributed by atoms with Gasteiger partial charge in [0.15, 0.2) is 0 Å². The number of aromatic nitrogens is 1. The molecule has 0 amide bonds. The van der Waals surface area contributed by atoms with Crippen LogP contribution in [-0.2, 0) is 0 Å². The highest BCUT2D eigenvalue weighted by Gasteiger charge is 1.95. The van der Waals surface area contributed by atoms with Crippen LogP contribution in [-0.4, -0.2) is 4.98 Å². The van der Waals surface area contributed by atoms with Crippen molar-refractivity contribution in [1.82, 2.24) is 4.98 Å². The zero-order valence-electron chi connectivity index (χ0n) is 5.56. The van der Waals surface area contributed by atoms with Crippen LogP contribution in [0.2, 0.25) is 0 Å². The average Bonchev–Trinajstić information content (AvgIpc) is 1.94. The van der Waals surface area contributed by atoms with Crippen molar-refractivity contribution in [2.45, 2.75) is 6.92 Å². The molecule has 0 N–H and O–H groups in total. The molecule has 1 aromatic heterocycles. The fraction of sp³-hybridized carbons (Fsp3) is 0.125. The van der Waals surface area contributed by atoms with Crippen molar-refractivity contribution in [1.29, 1.82) is 0 Å². The van der Waals surface area contributed by atoms with Gasteiger partial charge in [0.1, 0.15) is 5.69 Å². The first-order chi connectivity index (χ1) is 4.74. The van der Waals surface area contributed by atoms with Crippen LogP contribution < -0.4 is 0 Å². The van der Waals surface area contributed by atoms with Gasteiger partial charge in [-0.15, -0.1) is 6.42 Å². The summed E-state index contributed by atoms with van der Waals surface area (Å²) in [4.78, 5) is 4.11. The highest BCUT2D eigenvalue weighted by Crippen LogP contribution is 2.12. The van der Waals surface area contributed by atoms with Gasteiger partial charge < -0.3 is 0 Å². The third-order valence-electron chi connectivity index (χ3n) is 1.12. The Morgan fingerprint density at radius 3 is 2.80 bits per heavy atom. The molecular weight excluding hydrogens is 190 g/mol. The second-order valence-corrected chi connectivity index (χ2v) is 2.78. The summed E-state index contributed by atoms with van der Waals surface area (Å²) in [5.74, 6) is 2.48. The monoisotopic (exact) mass is 195 g/mol. The highest BCUT2D eigenvalue weighted by molar-refractivity contribution is 9.10. The molecule has 2 heteroatoms. The largest absolute Gasteiger partial charge is 0.243 e. The molecule has 1 rings (SSSR count). The molecule has 0 atom stereocenters. The molecule has 50 valence electrons. The first-order valence-corrected chi connectivity index (χ1v) is 3.63. The lowest BCUT2D eigenvalue weighted by atomic mass is 10.3. The lowest BCUT2D eigenvalue weighted by molar-refractivity contribution is 1.16. The Balaban J connectivity index is 3.25. The second-order valence-electron chi connectivity index (χ2n) is 1.93. The maximum atomic E-state index is 5.18. The summed E-state index contributed by atoms with van der Waals surface area (Å²) in [7, 11) is 0. The summed E-state index contributed by atoms with van der Waals surface area (Å²) in [6, 6.07) is 3.81. The van der Waals surface area contributed by atoms with E-state index < -0.39 is 0 Å². The predicted molar refractivity (Wildman–Crippen MR) is 44.6 cm³/mol. The average molecular weight is 196 g/mol. The summed E-state index contributed by atoms with van der Waals surface area (Å²) in [6.07, 6.45) is 5.18. The van der Waals surface area contributed by atoms with Crippen molar-refractivity contribution >= 4 is 15.9 Å². The Morgan fingerprint density at radius 2 is 2.30 bits per heavy atom. The van der Waals surface area contributed by atoms with E-state index in [1.807, 2.05) is 19.1 Å². The lowest BCUT2D eigenvalue weighted by Gasteiger charge is -1.95.